The summed E-state index contributed by atoms with van der Waals surface area (Å²) in [6.07, 6.45) is 0. The Kier molecular flexibility index (Phi) is 7.05. The molecule has 0 saturated carbocycles. The molecule has 0 aromatic heterocycles. The number of amides is 1. The smallest absolute Gasteiger partial charge is 0.261 e. The van der Waals surface area contributed by atoms with Gasteiger partial charge in [-0.2, -0.15) is 0 Å². The van der Waals surface area contributed by atoms with Crippen molar-refractivity contribution in [2.24, 2.45) is 0 Å². The van der Waals surface area contributed by atoms with Crippen LogP contribution < -0.4 is 19.5 Å². The summed E-state index contributed by atoms with van der Waals surface area (Å²) in [7, 11) is -0.814. The average Bonchev–Trinajstić information content (AvgIpc) is 2.79. The number of hydrogen-bond donors (Lipinski definition) is 2. The Balaban J connectivity index is 1.87. The Labute approximate surface area is 188 Å². The summed E-state index contributed by atoms with van der Waals surface area (Å²) in [6.45, 7) is 3.72. The Bertz CT molecular complexity index is 1190. The van der Waals surface area contributed by atoms with Crippen molar-refractivity contribution in [2.75, 3.05) is 18.9 Å². The highest BCUT2D eigenvalue weighted by atomic mass is 32.2. The van der Waals surface area contributed by atoms with E-state index in [-0.39, 0.29) is 22.2 Å². The summed E-state index contributed by atoms with van der Waals surface area (Å²) >= 11 is 0. The van der Waals surface area contributed by atoms with Crippen molar-refractivity contribution in [3.8, 4) is 11.5 Å². The maximum atomic E-state index is 13.1. The van der Waals surface area contributed by atoms with E-state index in [1.165, 1.54) is 31.4 Å². The van der Waals surface area contributed by atoms with Gasteiger partial charge in [0.05, 0.1) is 36.4 Å². The van der Waals surface area contributed by atoms with Gasteiger partial charge in [-0.15, -0.1) is 0 Å². The molecular weight excluding hydrogens is 428 g/mol. The number of sulfonamides is 1. The molecule has 3 aromatic carbocycles. The molecule has 0 saturated heterocycles. The maximum Gasteiger partial charge on any atom is 0.261 e. The van der Waals surface area contributed by atoms with E-state index in [2.05, 4.69) is 10.0 Å². The summed E-state index contributed by atoms with van der Waals surface area (Å²) in [5, 5.41) is 2.90. The Morgan fingerprint density at radius 2 is 1.47 bits per heavy atom. The highest BCUT2D eigenvalue weighted by molar-refractivity contribution is 7.92. The van der Waals surface area contributed by atoms with Crippen molar-refractivity contribution in [1.82, 2.24) is 5.32 Å². The Hall–Kier alpha value is -3.52. The van der Waals surface area contributed by atoms with E-state index in [1.807, 2.05) is 38.1 Å². The van der Waals surface area contributed by atoms with Crippen molar-refractivity contribution < 1.29 is 22.7 Å². The number of carbonyl (C=O) groups is 1. The monoisotopic (exact) mass is 454 g/mol. The highest BCUT2D eigenvalue weighted by Crippen LogP contribution is 2.26. The van der Waals surface area contributed by atoms with Crippen LogP contribution in [0.2, 0.25) is 0 Å². The topological polar surface area (TPSA) is 93.7 Å². The van der Waals surface area contributed by atoms with Crippen LogP contribution in [0.3, 0.4) is 0 Å². The number of methoxy groups -OCH3 is 2. The SMILES string of the molecule is COc1ccc([C@H](C)NC(=O)c2cc(OC)ccc2NS(=O)(=O)c2ccc(C)cc2)cc1. The summed E-state index contributed by atoms with van der Waals surface area (Å²) in [5.74, 6) is 0.715. The number of aryl methyl sites for hydroxylation is 1. The number of ether oxygens (including phenoxy) is 2. The van der Waals surface area contributed by atoms with Gasteiger partial charge >= 0.3 is 0 Å². The first-order valence-electron chi connectivity index (χ1n) is 9.96. The lowest BCUT2D eigenvalue weighted by atomic mass is 10.1. The van der Waals surface area contributed by atoms with Gasteiger partial charge in [0.25, 0.3) is 15.9 Å². The van der Waals surface area contributed by atoms with E-state index < -0.39 is 15.9 Å². The van der Waals surface area contributed by atoms with Gasteiger partial charge in [0, 0.05) is 0 Å². The van der Waals surface area contributed by atoms with Crippen LogP contribution in [0.4, 0.5) is 5.69 Å². The normalized spacial score (nSPS) is 12.0. The minimum Gasteiger partial charge on any atom is -0.497 e. The van der Waals surface area contributed by atoms with Gasteiger partial charge in [0.1, 0.15) is 11.5 Å². The largest absolute Gasteiger partial charge is 0.497 e. The van der Waals surface area contributed by atoms with Gasteiger partial charge in [-0.1, -0.05) is 29.8 Å². The van der Waals surface area contributed by atoms with E-state index >= 15 is 0 Å². The predicted molar refractivity (Wildman–Crippen MR) is 124 cm³/mol. The lowest BCUT2D eigenvalue weighted by molar-refractivity contribution is 0.0940. The third-order valence-electron chi connectivity index (χ3n) is 5.01. The maximum absolute atomic E-state index is 13.1. The highest BCUT2D eigenvalue weighted by Gasteiger charge is 2.21. The molecular formula is C24H26N2O5S. The van der Waals surface area contributed by atoms with Crippen LogP contribution in [0.1, 0.15) is 34.5 Å². The van der Waals surface area contributed by atoms with Crippen LogP contribution in [0, 0.1) is 6.92 Å². The standard InChI is InChI=1S/C24H26N2O5S/c1-16-5-12-21(13-6-16)32(28,29)26-23-14-11-20(31-4)15-22(23)24(27)25-17(2)18-7-9-19(30-3)10-8-18/h5-15,17,26H,1-4H3,(H,25,27)/t17-/m0/s1. The molecule has 0 unspecified atom stereocenters. The molecule has 0 bridgehead atoms. The summed E-state index contributed by atoms with van der Waals surface area (Å²) in [5.41, 5.74) is 2.14. The minimum atomic E-state index is -3.88. The fourth-order valence-corrected chi connectivity index (χ4v) is 4.18. The molecule has 0 fully saturated rings. The molecule has 32 heavy (non-hydrogen) atoms. The van der Waals surface area contributed by atoms with Crippen molar-refractivity contribution in [3.05, 3.63) is 83.4 Å². The zero-order chi connectivity index (χ0) is 23.3. The first-order valence-corrected chi connectivity index (χ1v) is 11.4. The first-order chi connectivity index (χ1) is 15.2. The third kappa shape index (κ3) is 5.39. The van der Waals surface area contributed by atoms with Crippen LogP contribution in [-0.4, -0.2) is 28.5 Å². The fraction of sp³-hybridized carbons (Fsp3) is 0.208. The van der Waals surface area contributed by atoms with Crippen LogP contribution in [0.15, 0.2) is 71.6 Å². The van der Waals surface area contributed by atoms with Crippen molar-refractivity contribution in [3.63, 3.8) is 0 Å². The molecule has 7 nitrogen and oxygen atoms in total. The molecule has 0 aliphatic carbocycles. The van der Waals surface area contributed by atoms with Gasteiger partial charge in [-0.25, -0.2) is 8.42 Å². The Morgan fingerprint density at radius 1 is 0.875 bits per heavy atom. The molecule has 1 atom stereocenters. The molecule has 0 heterocycles. The molecule has 0 radical (unpaired) electrons. The second-order valence-corrected chi connectivity index (χ2v) is 8.98. The van der Waals surface area contributed by atoms with Crippen molar-refractivity contribution >= 4 is 21.6 Å². The fourth-order valence-electron chi connectivity index (χ4n) is 3.10. The van der Waals surface area contributed by atoms with E-state index in [9.17, 15) is 13.2 Å². The van der Waals surface area contributed by atoms with Crippen LogP contribution in [0.5, 0.6) is 11.5 Å². The Morgan fingerprint density at radius 3 is 2.06 bits per heavy atom. The minimum absolute atomic E-state index is 0.108. The van der Waals surface area contributed by atoms with Crippen LogP contribution >= 0.6 is 0 Å². The van der Waals surface area contributed by atoms with Gasteiger partial charge in [0.15, 0.2) is 0 Å². The number of benzene rings is 3. The van der Waals surface area contributed by atoms with Crippen molar-refractivity contribution in [1.29, 1.82) is 0 Å². The molecule has 0 aliphatic heterocycles. The molecule has 3 rings (SSSR count). The summed E-state index contributed by atoms with van der Waals surface area (Å²) < 4.78 is 38.6. The van der Waals surface area contributed by atoms with E-state index in [4.69, 9.17) is 9.47 Å². The second-order valence-electron chi connectivity index (χ2n) is 7.30. The second kappa shape index (κ2) is 9.74. The van der Waals surface area contributed by atoms with Gasteiger partial charge in [0.2, 0.25) is 0 Å². The zero-order valence-electron chi connectivity index (χ0n) is 18.4. The quantitative estimate of drug-likeness (QED) is 0.529. The van der Waals surface area contributed by atoms with E-state index in [0.29, 0.717) is 11.5 Å². The molecule has 8 heteroatoms. The van der Waals surface area contributed by atoms with Gasteiger partial charge in [-0.05, 0) is 61.9 Å². The first kappa shape index (κ1) is 23.1. The molecule has 0 aliphatic rings. The lowest BCUT2D eigenvalue weighted by Gasteiger charge is -2.18. The predicted octanol–water partition coefficient (Wildman–Crippen LogP) is 4.30. The van der Waals surface area contributed by atoms with E-state index in [0.717, 1.165) is 11.1 Å². The molecule has 0 spiro atoms. The summed E-state index contributed by atoms with van der Waals surface area (Å²) in [4.78, 5) is 13.2. The third-order valence-corrected chi connectivity index (χ3v) is 6.39. The summed E-state index contributed by atoms with van der Waals surface area (Å²) in [6, 6.07) is 18.1. The lowest BCUT2D eigenvalue weighted by Crippen LogP contribution is -2.28. The molecule has 2 N–H and O–H groups in total. The van der Waals surface area contributed by atoms with Crippen LogP contribution in [0.25, 0.3) is 0 Å². The number of hydrogen-bond acceptors (Lipinski definition) is 5. The molecule has 1 amide bonds. The number of carbonyl (C=O) groups excluding carboxylic acids is 1. The molecule has 3 aromatic rings. The van der Waals surface area contributed by atoms with Crippen LogP contribution in [-0.2, 0) is 10.0 Å². The number of anilines is 1. The zero-order valence-corrected chi connectivity index (χ0v) is 19.2. The average molecular weight is 455 g/mol. The van der Waals surface area contributed by atoms with Gasteiger partial charge < -0.3 is 14.8 Å². The van der Waals surface area contributed by atoms with Gasteiger partial charge in [-0.3, -0.25) is 9.52 Å². The van der Waals surface area contributed by atoms with E-state index in [1.54, 1.807) is 25.3 Å². The number of rotatable bonds is 8. The molecule has 168 valence electrons. The number of nitrogens with one attached hydrogen (secondary N) is 2. The van der Waals surface area contributed by atoms with Crippen molar-refractivity contribution in [2.45, 2.75) is 24.8 Å².